The molecule has 0 amide bonds. The van der Waals surface area contributed by atoms with E-state index in [-0.39, 0.29) is 0 Å². The molecular formula is C25H25N9O. The summed E-state index contributed by atoms with van der Waals surface area (Å²) in [5.74, 6) is 1.44. The van der Waals surface area contributed by atoms with Crippen LogP contribution in [0.3, 0.4) is 0 Å². The van der Waals surface area contributed by atoms with E-state index in [0.29, 0.717) is 23.3 Å². The molecule has 0 saturated heterocycles. The number of rotatable bonds is 9. The average Bonchev–Trinajstić information content (AvgIpc) is 2.91. The molecular weight excluding hydrogens is 442 g/mol. The summed E-state index contributed by atoms with van der Waals surface area (Å²) in [6, 6.07) is 17.1. The Labute approximate surface area is 203 Å². The van der Waals surface area contributed by atoms with Crippen LogP contribution in [-0.2, 0) is 0 Å². The summed E-state index contributed by atoms with van der Waals surface area (Å²) in [4.78, 5) is 17.2. The third-order valence-corrected chi connectivity index (χ3v) is 4.95. The zero-order valence-corrected chi connectivity index (χ0v) is 19.6. The number of para-hydroxylation sites is 1. The van der Waals surface area contributed by atoms with E-state index in [4.69, 9.17) is 4.74 Å². The summed E-state index contributed by atoms with van der Waals surface area (Å²) in [5.41, 5.74) is 10.2. The van der Waals surface area contributed by atoms with Crippen molar-refractivity contribution in [2.45, 2.75) is 13.8 Å². The van der Waals surface area contributed by atoms with E-state index < -0.39 is 0 Å². The number of methoxy groups -OCH3 is 1. The first-order valence-electron chi connectivity index (χ1n) is 10.8. The van der Waals surface area contributed by atoms with Gasteiger partial charge in [-0.2, -0.15) is 20.2 Å². The summed E-state index contributed by atoms with van der Waals surface area (Å²) in [6.45, 7) is 3.78. The molecule has 0 aliphatic rings. The van der Waals surface area contributed by atoms with Gasteiger partial charge in [0.15, 0.2) is 11.6 Å². The largest absolute Gasteiger partial charge is 0.490 e. The molecule has 0 spiro atoms. The maximum Gasteiger partial charge on any atom is 0.231 e. The lowest BCUT2D eigenvalue weighted by atomic mass is 10.2. The molecule has 3 N–H and O–H groups in total. The summed E-state index contributed by atoms with van der Waals surface area (Å²) < 4.78 is 5.62. The molecule has 1 aromatic carbocycles. The fourth-order valence-corrected chi connectivity index (χ4v) is 3.09. The van der Waals surface area contributed by atoms with Crippen LogP contribution < -0.4 is 20.9 Å². The Balaban J connectivity index is 1.68. The Hall–Kier alpha value is -4.86. The van der Waals surface area contributed by atoms with E-state index in [1.807, 2.05) is 68.4 Å². The van der Waals surface area contributed by atoms with Gasteiger partial charge >= 0.3 is 0 Å². The Morgan fingerprint density at radius 2 is 1.20 bits per heavy atom. The minimum atomic E-state index is 0.343. The van der Waals surface area contributed by atoms with Crippen molar-refractivity contribution in [2.75, 3.05) is 23.3 Å². The molecule has 0 aliphatic carbocycles. The molecule has 10 nitrogen and oxygen atoms in total. The van der Waals surface area contributed by atoms with Crippen molar-refractivity contribution in [1.29, 1.82) is 0 Å². The predicted molar refractivity (Wildman–Crippen MR) is 138 cm³/mol. The van der Waals surface area contributed by atoms with E-state index in [2.05, 4.69) is 46.3 Å². The van der Waals surface area contributed by atoms with Crippen LogP contribution >= 0.6 is 0 Å². The van der Waals surface area contributed by atoms with Crippen molar-refractivity contribution in [2.24, 2.45) is 10.2 Å². The quantitative estimate of drug-likeness (QED) is 0.239. The summed E-state index contributed by atoms with van der Waals surface area (Å²) in [6.07, 6.45) is 6.86. The summed E-state index contributed by atoms with van der Waals surface area (Å²) >= 11 is 0. The Bertz CT molecular complexity index is 1230. The molecule has 3 aromatic heterocycles. The van der Waals surface area contributed by atoms with Crippen LogP contribution in [0.25, 0.3) is 0 Å². The van der Waals surface area contributed by atoms with E-state index in [9.17, 15) is 0 Å². The third-order valence-electron chi connectivity index (χ3n) is 4.95. The van der Waals surface area contributed by atoms with Crippen molar-refractivity contribution in [1.82, 2.24) is 19.9 Å². The molecule has 35 heavy (non-hydrogen) atoms. The van der Waals surface area contributed by atoms with Gasteiger partial charge in [-0.3, -0.25) is 20.8 Å². The number of hydrazone groups is 2. The number of benzene rings is 1. The summed E-state index contributed by atoms with van der Waals surface area (Å²) in [5, 5.41) is 12.2. The second-order valence-corrected chi connectivity index (χ2v) is 7.36. The highest BCUT2D eigenvalue weighted by molar-refractivity contribution is 5.99. The number of nitrogens with one attached hydrogen (secondary N) is 3. The van der Waals surface area contributed by atoms with E-state index in [1.165, 1.54) is 7.11 Å². The number of hydrogen-bond acceptors (Lipinski definition) is 10. The number of anilines is 4. The van der Waals surface area contributed by atoms with Crippen molar-refractivity contribution < 1.29 is 4.74 Å². The van der Waals surface area contributed by atoms with Crippen LogP contribution in [0.15, 0.2) is 89.6 Å². The van der Waals surface area contributed by atoms with Crippen molar-refractivity contribution in [3.8, 4) is 5.75 Å². The first-order valence-corrected chi connectivity index (χ1v) is 10.8. The molecule has 0 fully saturated rings. The predicted octanol–water partition coefficient (Wildman–Crippen LogP) is 4.69. The molecule has 10 heteroatoms. The lowest BCUT2D eigenvalue weighted by molar-refractivity contribution is 0.415. The molecule has 0 bridgehead atoms. The van der Waals surface area contributed by atoms with Gasteiger partial charge in [0.05, 0.1) is 18.5 Å². The van der Waals surface area contributed by atoms with E-state index in [0.717, 1.165) is 28.2 Å². The van der Waals surface area contributed by atoms with Gasteiger partial charge in [0.2, 0.25) is 11.7 Å². The van der Waals surface area contributed by atoms with Gasteiger partial charge < -0.3 is 10.1 Å². The van der Waals surface area contributed by atoms with Crippen molar-refractivity contribution >= 4 is 34.7 Å². The molecule has 0 radical (unpaired) electrons. The van der Waals surface area contributed by atoms with Crippen LogP contribution in [0.5, 0.6) is 5.75 Å². The van der Waals surface area contributed by atoms with Crippen LogP contribution in [-0.4, -0.2) is 38.5 Å². The highest BCUT2D eigenvalue weighted by Crippen LogP contribution is 2.32. The number of nitrogens with zero attached hydrogens (tertiary/aromatic N) is 6. The molecule has 4 aromatic rings. The van der Waals surface area contributed by atoms with E-state index in [1.54, 1.807) is 24.8 Å². The fraction of sp³-hybridized carbons (Fsp3) is 0.120. The van der Waals surface area contributed by atoms with Crippen molar-refractivity contribution in [3.05, 3.63) is 90.5 Å². The van der Waals surface area contributed by atoms with Gasteiger partial charge in [0, 0.05) is 41.6 Å². The Kier molecular flexibility index (Phi) is 7.54. The Morgan fingerprint density at radius 3 is 1.66 bits per heavy atom. The van der Waals surface area contributed by atoms with Crippen LogP contribution in [0.4, 0.5) is 23.3 Å². The molecule has 176 valence electrons. The van der Waals surface area contributed by atoms with Gasteiger partial charge in [-0.15, -0.1) is 0 Å². The van der Waals surface area contributed by atoms with Gasteiger partial charge in [0.25, 0.3) is 0 Å². The topological polar surface area (TPSA) is 122 Å². The van der Waals surface area contributed by atoms with Gasteiger partial charge in [-0.05, 0) is 50.2 Å². The van der Waals surface area contributed by atoms with Crippen molar-refractivity contribution in [3.63, 3.8) is 0 Å². The second kappa shape index (κ2) is 11.3. The smallest absolute Gasteiger partial charge is 0.231 e. The van der Waals surface area contributed by atoms with E-state index >= 15 is 0 Å². The number of aromatic nitrogens is 4. The highest BCUT2D eigenvalue weighted by Gasteiger charge is 2.16. The van der Waals surface area contributed by atoms with Gasteiger partial charge in [-0.1, -0.05) is 18.2 Å². The SMILES string of the molecule is COc1c(NN=C(C)c2ccncc2)nc(Nc2ccccc2)nc1NN=C(C)c1ccncc1. The highest BCUT2D eigenvalue weighted by atomic mass is 16.5. The maximum atomic E-state index is 5.62. The van der Waals surface area contributed by atoms with Gasteiger partial charge in [-0.25, -0.2) is 0 Å². The van der Waals surface area contributed by atoms with Crippen LogP contribution in [0, 0.1) is 0 Å². The third kappa shape index (κ3) is 6.14. The minimum Gasteiger partial charge on any atom is -0.490 e. The second-order valence-electron chi connectivity index (χ2n) is 7.36. The average molecular weight is 468 g/mol. The lowest BCUT2D eigenvalue weighted by Gasteiger charge is -2.14. The first-order chi connectivity index (χ1) is 17.1. The van der Waals surface area contributed by atoms with Gasteiger partial charge in [0.1, 0.15) is 0 Å². The molecule has 0 aliphatic heterocycles. The number of pyridine rings is 2. The maximum absolute atomic E-state index is 5.62. The lowest BCUT2D eigenvalue weighted by Crippen LogP contribution is -2.09. The van der Waals surface area contributed by atoms with Crippen LogP contribution in [0.2, 0.25) is 0 Å². The zero-order valence-electron chi connectivity index (χ0n) is 19.6. The normalized spacial score (nSPS) is 11.6. The molecule has 0 unspecified atom stereocenters. The molecule has 3 heterocycles. The fourth-order valence-electron chi connectivity index (χ4n) is 3.09. The molecule has 4 rings (SSSR count). The Morgan fingerprint density at radius 1 is 0.714 bits per heavy atom. The standard InChI is InChI=1S/C25H25N9O/c1-17(19-9-13-26-14-10-19)31-33-23-22(35-3)24(34-32-18(2)20-11-15-27-16-12-20)30-25(29-23)28-21-7-5-4-6-8-21/h4-16H,1-3H3,(H3,28,29,30,33,34). The number of ether oxygens (including phenoxy) is 1. The summed E-state index contributed by atoms with van der Waals surface area (Å²) in [7, 11) is 1.54. The monoisotopic (exact) mass is 467 g/mol. The first kappa shape index (κ1) is 23.3. The van der Waals surface area contributed by atoms with Crippen LogP contribution in [0.1, 0.15) is 25.0 Å². The molecule has 0 saturated carbocycles. The minimum absolute atomic E-state index is 0.343. The zero-order chi connectivity index (χ0) is 24.5. The molecule has 0 atom stereocenters. The number of hydrogen-bond donors (Lipinski definition) is 3.